The van der Waals surface area contributed by atoms with E-state index in [4.69, 9.17) is 4.74 Å². The van der Waals surface area contributed by atoms with E-state index >= 15 is 0 Å². The summed E-state index contributed by atoms with van der Waals surface area (Å²) in [6.07, 6.45) is 3.64. The lowest BCUT2D eigenvalue weighted by Gasteiger charge is -2.32. The maximum Gasteiger partial charge on any atom is 0.322 e. The molecule has 1 N–H and O–H groups in total. The van der Waals surface area contributed by atoms with E-state index in [1.54, 1.807) is 0 Å². The van der Waals surface area contributed by atoms with E-state index in [-0.39, 0.29) is 28.2 Å². The van der Waals surface area contributed by atoms with Crippen molar-refractivity contribution in [3.05, 3.63) is 23.5 Å². The summed E-state index contributed by atoms with van der Waals surface area (Å²) in [6.45, 7) is 1.37. The van der Waals surface area contributed by atoms with Gasteiger partial charge < -0.3 is 9.84 Å². The van der Waals surface area contributed by atoms with Gasteiger partial charge in [-0.3, -0.25) is 4.79 Å². The van der Waals surface area contributed by atoms with Crippen LogP contribution in [0.2, 0.25) is 0 Å². The average Bonchev–Trinajstić information content (AvgIpc) is 2.97. The lowest BCUT2D eigenvalue weighted by atomic mass is 9.85. The number of aliphatic carboxylic acids is 1. The van der Waals surface area contributed by atoms with Crippen LogP contribution >= 0.6 is 0 Å². The molecule has 0 bridgehead atoms. The molecule has 1 aromatic rings. The van der Waals surface area contributed by atoms with Gasteiger partial charge in [0.2, 0.25) is 10.0 Å². The Labute approximate surface area is 146 Å². The number of rotatable bonds is 4. The lowest BCUT2D eigenvalue weighted by molar-refractivity contribution is -0.141. The highest BCUT2D eigenvalue weighted by Crippen LogP contribution is 2.43. The van der Waals surface area contributed by atoms with Crippen LogP contribution in [0.15, 0.2) is 17.0 Å². The van der Waals surface area contributed by atoms with Crippen molar-refractivity contribution in [2.45, 2.75) is 56.0 Å². The predicted octanol–water partition coefficient (Wildman–Crippen LogP) is 2.55. The van der Waals surface area contributed by atoms with Crippen LogP contribution in [0.5, 0.6) is 5.75 Å². The second-order valence-corrected chi connectivity index (χ2v) is 8.55. The fourth-order valence-corrected chi connectivity index (χ4v) is 6.26. The van der Waals surface area contributed by atoms with Crippen molar-refractivity contribution in [2.24, 2.45) is 5.92 Å². The minimum absolute atomic E-state index is 0.0387. The van der Waals surface area contributed by atoms with Gasteiger partial charge in [-0.2, -0.15) is 4.31 Å². The quantitative estimate of drug-likeness (QED) is 0.879. The van der Waals surface area contributed by atoms with Gasteiger partial charge in [-0.05, 0) is 44.2 Å². The number of nitrogens with zero attached hydrogens (tertiary/aromatic N) is 1. The van der Waals surface area contributed by atoms with Gasteiger partial charge in [-0.15, -0.1) is 0 Å². The van der Waals surface area contributed by atoms with Crippen LogP contribution in [-0.2, 0) is 14.8 Å². The number of halogens is 1. The van der Waals surface area contributed by atoms with Crippen molar-refractivity contribution in [1.29, 1.82) is 0 Å². The monoisotopic (exact) mass is 371 g/mol. The molecule has 138 valence electrons. The van der Waals surface area contributed by atoms with Gasteiger partial charge in [-0.1, -0.05) is 12.8 Å². The second-order valence-electron chi connectivity index (χ2n) is 6.74. The van der Waals surface area contributed by atoms with Crippen LogP contribution in [0.3, 0.4) is 0 Å². The molecule has 1 saturated heterocycles. The van der Waals surface area contributed by atoms with Crippen molar-refractivity contribution in [3.8, 4) is 5.75 Å². The molecule has 1 aliphatic carbocycles. The molecule has 3 unspecified atom stereocenters. The van der Waals surface area contributed by atoms with Crippen molar-refractivity contribution in [1.82, 2.24) is 4.31 Å². The Morgan fingerprint density at radius 2 is 2.00 bits per heavy atom. The maximum atomic E-state index is 14.3. The Morgan fingerprint density at radius 1 is 1.32 bits per heavy atom. The molecule has 3 atom stereocenters. The van der Waals surface area contributed by atoms with E-state index in [0.29, 0.717) is 12.8 Å². The third kappa shape index (κ3) is 2.91. The molecule has 1 aromatic carbocycles. The summed E-state index contributed by atoms with van der Waals surface area (Å²) < 4.78 is 46.8. The zero-order chi connectivity index (χ0) is 18.4. The molecule has 2 aliphatic rings. The number of ether oxygens (including phenoxy) is 1. The number of methoxy groups -OCH3 is 1. The Morgan fingerprint density at radius 3 is 2.64 bits per heavy atom. The van der Waals surface area contributed by atoms with E-state index in [1.807, 2.05) is 0 Å². The van der Waals surface area contributed by atoms with E-state index < -0.39 is 27.9 Å². The minimum Gasteiger partial charge on any atom is -0.494 e. The smallest absolute Gasteiger partial charge is 0.322 e. The van der Waals surface area contributed by atoms with E-state index in [9.17, 15) is 22.7 Å². The third-order valence-electron chi connectivity index (χ3n) is 5.39. The highest BCUT2D eigenvalue weighted by molar-refractivity contribution is 7.89. The molecule has 0 spiro atoms. The molecular weight excluding hydrogens is 349 g/mol. The van der Waals surface area contributed by atoms with Crippen LogP contribution in [0.4, 0.5) is 4.39 Å². The normalized spacial score (nSPS) is 27.1. The molecule has 0 radical (unpaired) electrons. The zero-order valence-electron chi connectivity index (χ0n) is 14.2. The summed E-state index contributed by atoms with van der Waals surface area (Å²) in [4.78, 5) is 11.5. The number of fused-ring (bicyclic) bond motifs is 1. The molecular formula is C17H22FNO5S. The van der Waals surface area contributed by atoms with Crippen LogP contribution in [0.1, 0.15) is 37.7 Å². The topological polar surface area (TPSA) is 83.9 Å². The first kappa shape index (κ1) is 18.1. The summed E-state index contributed by atoms with van der Waals surface area (Å²) in [5.74, 6) is -1.88. The number of hydrogen-bond donors (Lipinski definition) is 1. The van der Waals surface area contributed by atoms with Crippen LogP contribution in [0, 0.1) is 18.7 Å². The first-order chi connectivity index (χ1) is 11.8. The van der Waals surface area contributed by atoms with Crippen molar-refractivity contribution < 1.29 is 27.4 Å². The number of carboxylic acids is 1. The first-order valence-electron chi connectivity index (χ1n) is 8.38. The molecule has 25 heavy (non-hydrogen) atoms. The van der Waals surface area contributed by atoms with Crippen molar-refractivity contribution in [3.63, 3.8) is 0 Å². The van der Waals surface area contributed by atoms with E-state index in [1.165, 1.54) is 26.2 Å². The van der Waals surface area contributed by atoms with Gasteiger partial charge >= 0.3 is 5.97 Å². The summed E-state index contributed by atoms with van der Waals surface area (Å²) in [6, 6.07) is 1.13. The van der Waals surface area contributed by atoms with Gasteiger partial charge in [0.15, 0.2) is 11.6 Å². The summed E-state index contributed by atoms with van der Waals surface area (Å²) in [5.41, 5.74) is -0.0530. The summed E-state index contributed by atoms with van der Waals surface area (Å²) in [5, 5.41) is 9.55. The van der Waals surface area contributed by atoms with E-state index in [2.05, 4.69) is 0 Å². The largest absolute Gasteiger partial charge is 0.494 e. The number of carboxylic acid groups (broad SMARTS) is 1. The van der Waals surface area contributed by atoms with Gasteiger partial charge in [-0.25, -0.2) is 12.8 Å². The predicted molar refractivity (Wildman–Crippen MR) is 88.5 cm³/mol. The summed E-state index contributed by atoms with van der Waals surface area (Å²) in [7, 11) is -2.82. The molecule has 0 aromatic heterocycles. The molecule has 1 heterocycles. The van der Waals surface area contributed by atoms with Gasteiger partial charge in [0.25, 0.3) is 0 Å². The lowest BCUT2D eigenvalue weighted by Crippen LogP contribution is -2.46. The molecule has 3 rings (SSSR count). The fourth-order valence-electron chi connectivity index (χ4n) is 4.17. The maximum absolute atomic E-state index is 14.3. The molecule has 8 heteroatoms. The minimum atomic E-state index is -4.12. The van der Waals surface area contributed by atoms with Gasteiger partial charge in [0, 0.05) is 11.6 Å². The highest BCUT2D eigenvalue weighted by atomic mass is 32.2. The Balaban J connectivity index is 2.09. The zero-order valence-corrected chi connectivity index (χ0v) is 15.1. The highest BCUT2D eigenvalue weighted by Gasteiger charge is 2.51. The standard InChI is InChI=1S/C17H22FNO5S/c1-10-15(8-7-14(24-2)16(10)18)25(22,23)19-12-6-4-3-5-11(12)9-13(19)17(20)21/h7-8,11-13H,3-6,9H2,1-2H3,(H,20,21). The van der Waals surface area contributed by atoms with Gasteiger partial charge in [0.1, 0.15) is 6.04 Å². The van der Waals surface area contributed by atoms with E-state index in [0.717, 1.165) is 23.6 Å². The Hall–Kier alpha value is -1.67. The average molecular weight is 371 g/mol. The molecule has 6 nitrogen and oxygen atoms in total. The van der Waals surface area contributed by atoms with Crippen LogP contribution in [-0.4, -0.2) is 43.0 Å². The summed E-state index contributed by atoms with van der Waals surface area (Å²) >= 11 is 0. The number of sulfonamides is 1. The van der Waals surface area contributed by atoms with Crippen molar-refractivity contribution in [2.75, 3.05) is 7.11 Å². The Kier molecular flexibility index (Phi) is 4.76. The number of carbonyl (C=O) groups is 1. The number of hydrogen-bond acceptors (Lipinski definition) is 4. The van der Waals surface area contributed by atoms with Gasteiger partial charge in [0.05, 0.1) is 12.0 Å². The molecule has 0 amide bonds. The van der Waals surface area contributed by atoms with Crippen LogP contribution in [0.25, 0.3) is 0 Å². The first-order valence-corrected chi connectivity index (χ1v) is 9.82. The molecule has 2 fully saturated rings. The van der Waals surface area contributed by atoms with Crippen molar-refractivity contribution >= 4 is 16.0 Å². The fraction of sp³-hybridized carbons (Fsp3) is 0.588. The van der Waals surface area contributed by atoms with Crippen LogP contribution < -0.4 is 4.74 Å². The number of benzene rings is 1. The second kappa shape index (κ2) is 6.57. The third-order valence-corrected chi connectivity index (χ3v) is 7.47. The SMILES string of the molecule is COc1ccc(S(=O)(=O)N2C(C(=O)O)CC3CCCCC32)c(C)c1F. The Bertz CT molecular complexity index is 794. The molecule has 1 saturated carbocycles. The molecule has 1 aliphatic heterocycles.